The van der Waals surface area contributed by atoms with E-state index in [1.54, 1.807) is 6.92 Å². The molecule has 0 aliphatic carbocycles. The van der Waals surface area contributed by atoms with Crippen LogP contribution >= 0.6 is 11.8 Å². The Morgan fingerprint density at radius 1 is 1.41 bits per heavy atom. The Bertz CT molecular complexity index is 613. The maximum atomic E-state index is 11.7. The molecule has 0 radical (unpaired) electrons. The summed E-state index contributed by atoms with van der Waals surface area (Å²) in [6.45, 7) is 3.69. The molecule has 0 aliphatic rings. The van der Waals surface area contributed by atoms with Crippen LogP contribution in [0.3, 0.4) is 0 Å². The molecule has 1 unspecified atom stereocenters. The maximum absolute atomic E-state index is 11.7. The van der Waals surface area contributed by atoms with Crippen molar-refractivity contribution in [3.63, 3.8) is 0 Å². The first-order valence-electron chi connectivity index (χ1n) is 7.21. The lowest BCUT2D eigenvalue weighted by Crippen LogP contribution is -2.36. The number of carbonyl (C=O) groups is 1. The Hall–Kier alpha value is -1.79. The van der Waals surface area contributed by atoms with Crippen molar-refractivity contribution in [3.8, 4) is 0 Å². The Morgan fingerprint density at radius 3 is 2.82 bits per heavy atom. The molecule has 1 atom stereocenters. The van der Waals surface area contributed by atoms with Crippen molar-refractivity contribution < 1.29 is 9.90 Å². The molecule has 1 amide bonds. The molecule has 6 heteroatoms. The highest BCUT2D eigenvalue weighted by Gasteiger charge is 2.11. The van der Waals surface area contributed by atoms with E-state index >= 15 is 0 Å². The number of aryl methyl sites for hydroxylation is 1. The van der Waals surface area contributed by atoms with E-state index in [0.29, 0.717) is 0 Å². The van der Waals surface area contributed by atoms with Gasteiger partial charge in [-0.15, -0.1) is 0 Å². The van der Waals surface area contributed by atoms with Crippen LogP contribution in [0, 0.1) is 6.92 Å². The number of hydrogen-bond acceptors (Lipinski definition) is 4. The molecule has 5 nitrogen and oxygen atoms in total. The topological polar surface area (TPSA) is 78.0 Å². The van der Waals surface area contributed by atoms with Gasteiger partial charge in [0.05, 0.1) is 18.1 Å². The van der Waals surface area contributed by atoms with Crippen LogP contribution in [-0.4, -0.2) is 39.4 Å². The lowest BCUT2D eigenvalue weighted by molar-refractivity contribution is -0.119. The van der Waals surface area contributed by atoms with Gasteiger partial charge in [0.15, 0.2) is 5.16 Å². The Balaban J connectivity index is 1.91. The minimum absolute atomic E-state index is 0.0580. The molecule has 0 spiro atoms. The molecule has 0 fully saturated rings. The third-order valence-electron chi connectivity index (χ3n) is 3.20. The quantitative estimate of drug-likeness (QED) is 0.681. The average Bonchev–Trinajstić information content (AvgIpc) is 2.86. The van der Waals surface area contributed by atoms with E-state index in [0.717, 1.165) is 23.0 Å². The van der Waals surface area contributed by atoms with Crippen molar-refractivity contribution in [3.05, 3.63) is 47.3 Å². The fraction of sp³-hybridized carbons (Fsp3) is 0.375. The summed E-state index contributed by atoms with van der Waals surface area (Å²) in [4.78, 5) is 19.4. The predicted molar refractivity (Wildman–Crippen MR) is 88.0 cm³/mol. The molecule has 3 N–H and O–H groups in total. The van der Waals surface area contributed by atoms with Crippen molar-refractivity contribution >= 4 is 17.7 Å². The number of imidazole rings is 1. The highest BCUT2D eigenvalue weighted by atomic mass is 32.2. The number of benzene rings is 1. The van der Waals surface area contributed by atoms with Crippen LogP contribution in [0.1, 0.15) is 23.9 Å². The first kappa shape index (κ1) is 16.6. The van der Waals surface area contributed by atoms with Crippen molar-refractivity contribution in [1.29, 1.82) is 0 Å². The van der Waals surface area contributed by atoms with Gasteiger partial charge in [0.2, 0.25) is 5.91 Å². The van der Waals surface area contributed by atoms with Gasteiger partial charge in [-0.3, -0.25) is 4.79 Å². The zero-order chi connectivity index (χ0) is 15.9. The molecule has 2 rings (SSSR count). The van der Waals surface area contributed by atoms with Crippen LogP contribution in [0.4, 0.5) is 0 Å². The normalized spacial score (nSPS) is 12.1. The lowest BCUT2D eigenvalue weighted by Gasteiger charge is -2.09. The molecule has 0 saturated heterocycles. The summed E-state index contributed by atoms with van der Waals surface area (Å²) in [7, 11) is 0. The molecular formula is C16H21N3O2S. The zero-order valence-electron chi connectivity index (χ0n) is 12.8. The van der Waals surface area contributed by atoms with Gasteiger partial charge in [0.25, 0.3) is 0 Å². The van der Waals surface area contributed by atoms with Gasteiger partial charge in [-0.1, -0.05) is 42.1 Å². The monoisotopic (exact) mass is 319 g/mol. The van der Waals surface area contributed by atoms with Gasteiger partial charge in [-0.05, 0) is 19.4 Å². The van der Waals surface area contributed by atoms with E-state index < -0.39 is 0 Å². The number of nitrogens with zero attached hydrogens (tertiary/aromatic N) is 1. The number of aliphatic hydroxyl groups is 1. The summed E-state index contributed by atoms with van der Waals surface area (Å²) in [5.41, 5.74) is 3.23. The van der Waals surface area contributed by atoms with E-state index in [4.69, 9.17) is 5.11 Å². The van der Waals surface area contributed by atoms with Crippen molar-refractivity contribution in [2.75, 3.05) is 12.4 Å². The summed E-state index contributed by atoms with van der Waals surface area (Å²) < 4.78 is 0. The number of carbonyl (C=O) groups excluding carboxylic acids is 1. The number of amides is 1. The van der Waals surface area contributed by atoms with Crippen LogP contribution in [-0.2, 0) is 11.2 Å². The number of rotatable bonds is 7. The highest BCUT2D eigenvalue weighted by Crippen LogP contribution is 2.18. The van der Waals surface area contributed by atoms with E-state index in [1.165, 1.54) is 17.3 Å². The van der Waals surface area contributed by atoms with Crippen LogP contribution in [0.25, 0.3) is 0 Å². The molecule has 118 valence electrons. The van der Waals surface area contributed by atoms with E-state index in [9.17, 15) is 4.79 Å². The number of aromatic nitrogens is 2. The predicted octanol–water partition coefficient (Wildman–Crippen LogP) is 1.90. The smallest absolute Gasteiger partial charge is 0.230 e. The zero-order valence-corrected chi connectivity index (χ0v) is 13.6. The van der Waals surface area contributed by atoms with Crippen LogP contribution in [0.15, 0.2) is 35.5 Å². The van der Waals surface area contributed by atoms with Gasteiger partial charge >= 0.3 is 0 Å². The van der Waals surface area contributed by atoms with Crippen LogP contribution in [0.2, 0.25) is 0 Å². The Labute approximate surface area is 134 Å². The largest absolute Gasteiger partial charge is 0.394 e. The Kier molecular flexibility index (Phi) is 6.03. The minimum Gasteiger partial charge on any atom is -0.394 e. The van der Waals surface area contributed by atoms with Gasteiger partial charge in [-0.2, -0.15) is 0 Å². The number of aliphatic hydroxyl groups excluding tert-OH is 1. The molecule has 22 heavy (non-hydrogen) atoms. The SMILES string of the molecule is Cc1[nH]c(SCC(=O)NC(C)CO)nc1Cc1ccccc1. The van der Waals surface area contributed by atoms with E-state index in [-0.39, 0.29) is 24.3 Å². The number of thioether (sulfide) groups is 1. The van der Waals surface area contributed by atoms with Crippen LogP contribution in [0.5, 0.6) is 0 Å². The Morgan fingerprint density at radius 2 is 2.14 bits per heavy atom. The van der Waals surface area contributed by atoms with Crippen molar-refractivity contribution in [2.24, 2.45) is 0 Å². The molecule has 1 aromatic carbocycles. The molecule has 2 aromatic rings. The molecule has 0 bridgehead atoms. The molecule has 0 saturated carbocycles. The van der Waals surface area contributed by atoms with E-state index in [1.807, 2.05) is 25.1 Å². The minimum atomic E-state index is -0.222. The van der Waals surface area contributed by atoms with E-state index in [2.05, 4.69) is 27.4 Å². The summed E-state index contributed by atoms with van der Waals surface area (Å²) in [5, 5.41) is 12.4. The number of nitrogens with one attached hydrogen (secondary N) is 2. The van der Waals surface area contributed by atoms with Crippen molar-refractivity contribution in [2.45, 2.75) is 31.5 Å². The highest BCUT2D eigenvalue weighted by molar-refractivity contribution is 7.99. The van der Waals surface area contributed by atoms with Gasteiger partial charge in [0.1, 0.15) is 0 Å². The summed E-state index contributed by atoms with van der Waals surface area (Å²) in [6.07, 6.45) is 0.775. The first-order chi connectivity index (χ1) is 10.6. The molecule has 1 aromatic heterocycles. The number of hydrogen-bond donors (Lipinski definition) is 3. The second kappa shape index (κ2) is 8.00. The molecule has 0 aliphatic heterocycles. The van der Waals surface area contributed by atoms with Gasteiger partial charge < -0.3 is 15.4 Å². The third kappa shape index (κ3) is 4.89. The van der Waals surface area contributed by atoms with Gasteiger partial charge in [0, 0.05) is 18.2 Å². The van der Waals surface area contributed by atoms with Crippen LogP contribution < -0.4 is 5.32 Å². The molecule has 1 heterocycles. The summed E-state index contributed by atoms with van der Waals surface area (Å²) in [6, 6.07) is 9.95. The average molecular weight is 319 g/mol. The maximum Gasteiger partial charge on any atom is 0.230 e. The fourth-order valence-corrected chi connectivity index (χ4v) is 2.74. The summed E-state index contributed by atoms with van der Waals surface area (Å²) in [5.74, 6) is 0.174. The van der Waals surface area contributed by atoms with Gasteiger partial charge in [-0.25, -0.2) is 4.98 Å². The fourth-order valence-electron chi connectivity index (χ4n) is 1.99. The summed E-state index contributed by atoms with van der Waals surface area (Å²) >= 11 is 1.37. The molecular weight excluding hydrogens is 298 g/mol. The first-order valence-corrected chi connectivity index (χ1v) is 8.19. The standard InChI is InChI=1S/C16H21N3O2S/c1-11(9-20)17-15(21)10-22-16-18-12(2)14(19-16)8-13-6-4-3-5-7-13/h3-7,11,20H,8-10H2,1-2H3,(H,17,21)(H,18,19). The lowest BCUT2D eigenvalue weighted by atomic mass is 10.1. The van der Waals surface area contributed by atoms with Crippen molar-refractivity contribution in [1.82, 2.24) is 15.3 Å². The second-order valence-corrected chi connectivity index (χ2v) is 6.18. The number of H-pyrrole nitrogens is 1. The second-order valence-electron chi connectivity index (χ2n) is 5.22. The third-order valence-corrected chi connectivity index (χ3v) is 4.07. The number of aromatic amines is 1.